The first kappa shape index (κ1) is 12.2. The van der Waals surface area contributed by atoms with Crippen LogP contribution < -0.4 is 5.73 Å². The van der Waals surface area contributed by atoms with E-state index in [2.05, 4.69) is 23.8 Å². The molecule has 90 valence electrons. The molecule has 0 amide bonds. The van der Waals surface area contributed by atoms with Crippen LogP contribution in [0.15, 0.2) is 24.5 Å². The summed E-state index contributed by atoms with van der Waals surface area (Å²) in [5.74, 6) is 0. The lowest BCUT2D eigenvalue weighted by atomic mass is 10.1. The van der Waals surface area contributed by atoms with Gasteiger partial charge in [0.25, 0.3) is 0 Å². The minimum absolute atomic E-state index is 0.00764. The Bertz CT molecular complexity index is 479. The van der Waals surface area contributed by atoms with Crippen molar-refractivity contribution in [1.82, 2.24) is 9.97 Å². The Balaban J connectivity index is 2.10. The van der Waals surface area contributed by atoms with E-state index in [-0.39, 0.29) is 6.04 Å². The van der Waals surface area contributed by atoms with Crippen LogP contribution in [0.25, 0.3) is 0 Å². The van der Waals surface area contributed by atoms with E-state index in [0.717, 1.165) is 23.4 Å². The first-order valence-electron chi connectivity index (χ1n) is 5.81. The Morgan fingerprint density at radius 1 is 1.35 bits per heavy atom. The molecule has 0 saturated heterocycles. The van der Waals surface area contributed by atoms with Gasteiger partial charge in [0.2, 0.25) is 0 Å². The summed E-state index contributed by atoms with van der Waals surface area (Å²) in [7, 11) is 0. The molecule has 2 aromatic heterocycles. The van der Waals surface area contributed by atoms with Crippen LogP contribution in [0.2, 0.25) is 0 Å². The van der Waals surface area contributed by atoms with Crippen LogP contribution in [-0.4, -0.2) is 9.97 Å². The number of thiazole rings is 1. The zero-order valence-corrected chi connectivity index (χ0v) is 11.0. The van der Waals surface area contributed by atoms with Gasteiger partial charge in [0.15, 0.2) is 0 Å². The number of rotatable bonds is 4. The predicted molar refractivity (Wildman–Crippen MR) is 71.1 cm³/mol. The first-order valence-corrected chi connectivity index (χ1v) is 6.63. The zero-order chi connectivity index (χ0) is 12.3. The average Bonchev–Trinajstić information content (AvgIpc) is 2.70. The molecule has 0 bridgehead atoms. The van der Waals surface area contributed by atoms with Gasteiger partial charge in [-0.15, -0.1) is 11.3 Å². The van der Waals surface area contributed by atoms with Crippen LogP contribution in [0.1, 0.15) is 34.1 Å². The third-order valence-electron chi connectivity index (χ3n) is 2.80. The van der Waals surface area contributed by atoms with Crippen molar-refractivity contribution in [2.24, 2.45) is 5.73 Å². The molecule has 3 nitrogen and oxygen atoms in total. The van der Waals surface area contributed by atoms with Gasteiger partial charge in [-0.1, -0.05) is 6.92 Å². The molecule has 1 atom stereocenters. The number of pyridine rings is 1. The van der Waals surface area contributed by atoms with E-state index in [1.54, 1.807) is 23.7 Å². The topological polar surface area (TPSA) is 51.8 Å². The van der Waals surface area contributed by atoms with Crippen LogP contribution in [0, 0.1) is 6.92 Å². The quantitative estimate of drug-likeness (QED) is 0.903. The molecular weight excluding hydrogens is 230 g/mol. The van der Waals surface area contributed by atoms with Crippen LogP contribution in [0.5, 0.6) is 0 Å². The monoisotopic (exact) mass is 247 g/mol. The second kappa shape index (κ2) is 5.38. The second-order valence-corrected chi connectivity index (χ2v) is 5.34. The number of aryl methyl sites for hydroxylation is 2. The minimum atomic E-state index is 0.00764. The van der Waals surface area contributed by atoms with Gasteiger partial charge in [-0.2, -0.15) is 0 Å². The number of hydrogen-bond donors (Lipinski definition) is 1. The van der Waals surface area contributed by atoms with Gasteiger partial charge in [-0.25, -0.2) is 4.98 Å². The lowest BCUT2D eigenvalue weighted by Gasteiger charge is -2.09. The predicted octanol–water partition coefficient (Wildman–Crippen LogP) is 2.65. The van der Waals surface area contributed by atoms with Crippen LogP contribution in [0.4, 0.5) is 0 Å². The van der Waals surface area contributed by atoms with Crippen molar-refractivity contribution in [1.29, 1.82) is 0 Å². The summed E-state index contributed by atoms with van der Waals surface area (Å²) in [4.78, 5) is 9.92. The lowest BCUT2D eigenvalue weighted by Crippen LogP contribution is -2.13. The molecule has 17 heavy (non-hydrogen) atoms. The molecule has 0 fully saturated rings. The smallest absolute Gasteiger partial charge is 0.0949 e. The van der Waals surface area contributed by atoms with Crippen LogP contribution in [-0.2, 0) is 12.8 Å². The summed E-state index contributed by atoms with van der Waals surface area (Å²) in [5, 5.41) is 1.13. The fourth-order valence-corrected chi connectivity index (χ4v) is 2.90. The largest absolute Gasteiger partial charge is 0.324 e. The van der Waals surface area contributed by atoms with E-state index in [4.69, 9.17) is 5.73 Å². The molecule has 0 saturated carbocycles. The maximum atomic E-state index is 6.17. The maximum Gasteiger partial charge on any atom is 0.0949 e. The molecule has 2 aromatic rings. The zero-order valence-electron chi connectivity index (χ0n) is 10.2. The van der Waals surface area contributed by atoms with Gasteiger partial charge < -0.3 is 5.73 Å². The highest BCUT2D eigenvalue weighted by Gasteiger charge is 2.11. The third-order valence-corrected chi connectivity index (χ3v) is 3.84. The Labute approximate surface area is 106 Å². The van der Waals surface area contributed by atoms with E-state index in [0.29, 0.717) is 0 Å². The molecule has 0 radical (unpaired) electrons. The second-order valence-electron chi connectivity index (χ2n) is 4.06. The third kappa shape index (κ3) is 2.90. The highest BCUT2D eigenvalue weighted by Crippen LogP contribution is 2.22. The molecular formula is C13H17N3S. The molecule has 0 aliphatic carbocycles. The lowest BCUT2D eigenvalue weighted by molar-refractivity contribution is 0.714. The van der Waals surface area contributed by atoms with Crippen molar-refractivity contribution in [2.45, 2.75) is 32.7 Å². The van der Waals surface area contributed by atoms with Crippen molar-refractivity contribution in [3.05, 3.63) is 45.7 Å². The molecule has 4 heteroatoms. The summed E-state index contributed by atoms with van der Waals surface area (Å²) in [5.41, 5.74) is 8.48. The molecule has 0 aromatic carbocycles. The van der Waals surface area contributed by atoms with Crippen molar-refractivity contribution in [3.63, 3.8) is 0 Å². The fourth-order valence-electron chi connectivity index (χ4n) is 1.82. The Morgan fingerprint density at radius 3 is 2.65 bits per heavy atom. The van der Waals surface area contributed by atoms with E-state index >= 15 is 0 Å². The highest BCUT2D eigenvalue weighted by atomic mass is 32.1. The molecule has 2 rings (SSSR count). The van der Waals surface area contributed by atoms with Crippen LogP contribution in [0.3, 0.4) is 0 Å². The normalized spacial score (nSPS) is 12.6. The molecule has 0 aliphatic rings. The summed E-state index contributed by atoms with van der Waals surface area (Å²) in [6.07, 6.45) is 5.35. The number of nitrogens with two attached hydrogens (primary N) is 1. The van der Waals surface area contributed by atoms with Crippen molar-refractivity contribution in [2.75, 3.05) is 0 Å². The van der Waals surface area contributed by atoms with Gasteiger partial charge in [0.1, 0.15) is 0 Å². The molecule has 0 spiro atoms. The molecule has 1 unspecified atom stereocenters. The molecule has 2 heterocycles. The summed E-state index contributed by atoms with van der Waals surface area (Å²) in [6, 6.07) is 3.94. The van der Waals surface area contributed by atoms with Crippen LogP contribution >= 0.6 is 11.3 Å². The number of nitrogens with zero attached hydrogens (tertiary/aromatic N) is 2. The summed E-state index contributed by atoms with van der Waals surface area (Å²) in [6.45, 7) is 4.26. The highest BCUT2D eigenvalue weighted by molar-refractivity contribution is 7.11. The first-order chi connectivity index (χ1) is 8.20. The standard InChI is InChI=1S/C13H17N3S/c1-3-12-9(2)17-13(16-12)8-11(14)10-4-6-15-7-5-10/h4-7,11H,3,8,14H2,1-2H3. The van der Waals surface area contributed by atoms with E-state index in [9.17, 15) is 0 Å². The summed E-state index contributed by atoms with van der Waals surface area (Å²) < 4.78 is 0. The van der Waals surface area contributed by atoms with Crippen molar-refractivity contribution < 1.29 is 0 Å². The Hall–Kier alpha value is -1.26. The SMILES string of the molecule is CCc1nc(CC(N)c2ccncc2)sc1C. The fraction of sp³-hybridized carbons (Fsp3) is 0.385. The summed E-state index contributed by atoms with van der Waals surface area (Å²) >= 11 is 1.76. The maximum absolute atomic E-state index is 6.17. The number of aromatic nitrogens is 2. The van der Waals surface area contributed by atoms with E-state index in [1.807, 2.05) is 12.1 Å². The van der Waals surface area contributed by atoms with Crippen molar-refractivity contribution in [3.8, 4) is 0 Å². The van der Waals surface area contributed by atoms with Gasteiger partial charge in [0.05, 0.1) is 10.7 Å². The Kier molecular flexibility index (Phi) is 3.86. The number of hydrogen-bond acceptors (Lipinski definition) is 4. The van der Waals surface area contributed by atoms with E-state index in [1.165, 1.54) is 10.6 Å². The average molecular weight is 247 g/mol. The van der Waals surface area contributed by atoms with Gasteiger partial charge in [-0.05, 0) is 31.0 Å². The van der Waals surface area contributed by atoms with Gasteiger partial charge in [-0.3, -0.25) is 4.98 Å². The molecule has 0 aliphatic heterocycles. The van der Waals surface area contributed by atoms with Gasteiger partial charge >= 0.3 is 0 Å². The van der Waals surface area contributed by atoms with E-state index < -0.39 is 0 Å². The molecule has 2 N–H and O–H groups in total. The van der Waals surface area contributed by atoms with Gasteiger partial charge in [0, 0.05) is 29.7 Å². The Morgan fingerprint density at radius 2 is 2.06 bits per heavy atom. The van der Waals surface area contributed by atoms with Crippen molar-refractivity contribution >= 4 is 11.3 Å². The minimum Gasteiger partial charge on any atom is -0.324 e.